The largest absolute Gasteiger partial charge is 1.00 e. The standard InChI is InChI=1S/C8H14O5S2.K/c1-7(2)8(9)13-3-4-14-5-6-15(10,11)12;/h1,3-6H2,2H3,(H,10,11,12);/q;+1/p-1. The van der Waals surface area contributed by atoms with Gasteiger partial charge in [-0.2, -0.15) is 11.8 Å². The van der Waals surface area contributed by atoms with E-state index in [-0.39, 0.29) is 63.7 Å². The van der Waals surface area contributed by atoms with Crippen molar-refractivity contribution < 1.29 is 73.9 Å². The Balaban J connectivity index is 0. The summed E-state index contributed by atoms with van der Waals surface area (Å²) in [6.07, 6.45) is 0. The number of ether oxygens (including phenoxy) is 1. The van der Waals surface area contributed by atoms with E-state index in [1.807, 2.05) is 0 Å². The molecule has 5 nitrogen and oxygen atoms in total. The summed E-state index contributed by atoms with van der Waals surface area (Å²) in [4.78, 5) is 10.9. The van der Waals surface area contributed by atoms with Gasteiger partial charge in [0.15, 0.2) is 0 Å². The van der Waals surface area contributed by atoms with Crippen LogP contribution in [0.1, 0.15) is 6.92 Å². The van der Waals surface area contributed by atoms with Crippen LogP contribution in [-0.4, -0.2) is 42.8 Å². The Labute approximate surface area is 143 Å². The quantitative estimate of drug-likeness (QED) is 0.168. The van der Waals surface area contributed by atoms with Gasteiger partial charge >= 0.3 is 57.4 Å². The van der Waals surface area contributed by atoms with Crippen LogP contribution in [-0.2, 0) is 19.6 Å². The summed E-state index contributed by atoms with van der Waals surface area (Å²) < 4.78 is 35.3. The average molecular weight is 292 g/mol. The summed E-state index contributed by atoms with van der Waals surface area (Å²) >= 11 is 1.25. The molecule has 0 aromatic heterocycles. The Hall–Kier alpha value is 1.11. The number of hydrogen-bond donors (Lipinski definition) is 0. The third-order valence-corrected chi connectivity index (χ3v) is 3.20. The maximum absolute atomic E-state index is 10.9. The van der Waals surface area contributed by atoms with Gasteiger partial charge in [-0.1, -0.05) is 6.58 Å². The number of esters is 1. The first kappa shape index (κ1) is 19.4. The van der Waals surface area contributed by atoms with Crippen LogP contribution in [0.4, 0.5) is 0 Å². The van der Waals surface area contributed by atoms with Gasteiger partial charge in [-0.05, 0) is 6.92 Å². The van der Waals surface area contributed by atoms with Crippen LogP contribution in [0.25, 0.3) is 0 Å². The van der Waals surface area contributed by atoms with E-state index in [2.05, 4.69) is 6.58 Å². The average Bonchev–Trinajstić information content (AvgIpc) is 2.08. The molecular formula is C8H13KO5S2. The molecule has 0 aliphatic heterocycles. The number of carbonyl (C=O) groups excluding carboxylic acids is 1. The maximum atomic E-state index is 10.9. The minimum absolute atomic E-state index is 0. The van der Waals surface area contributed by atoms with Crippen molar-refractivity contribution in [2.45, 2.75) is 6.92 Å². The summed E-state index contributed by atoms with van der Waals surface area (Å²) in [5.74, 6) is -0.177. The van der Waals surface area contributed by atoms with Crippen molar-refractivity contribution in [1.29, 1.82) is 0 Å². The normalized spacial score (nSPS) is 10.4. The van der Waals surface area contributed by atoms with Crippen LogP contribution in [0.15, 0.2) is 12.2 Å². The molecule has 0 fully saturated rings. The fourth-order valence-corrected chi connectivity index (χ4v) is 2.27. The molecule has 0 spiro atoms. The van der Waals surface area contributed by atoms with Crippen LogP contribution < -0.4 is 51.4 Å². The molecule has 0 aliphatic rings. The summed E-state index contributed by atoms with van der Waals surface area (Å²) in [6, 6.07) is 0. The van der Waals surface area contributed by atoms with Gasteiger partial charge in [0.25, 0.3) is 0 Å². The Morgan fingerprint density at radius 2 is 2.00 bits per heavy atom. The van der Waals surface area contributed by atoms with Gasteiger partial charge in [-0.3, -0.25) is 0 Å². The molecule has 0 atom stereocenters. The Bertz CT molecular complexity index is 325. The summed E-state index contributed by atoms with van der Waals surface area (Å²) in [5, 5.41) is 0. The zero-order valence-electron chi connectivity index (χ0n) is 9.39. The number of carbonyl (C=O) groups is 1. The predicted molar refractivity (Wildman–Crippen MR) is 57.7 cm³/mol. The summed E-state index contributed by atoms with van der Waals surface area (Å²) in [7, 11) is -4.13. The zero-order chi connectivity index (χ0) is 11.9. The molecule has 8 heteroatoms. The smallest absolute Gasteiger partial charge is 0.748 e. The zero-order valence-corrected chi connectivity index (χ0v) is 14.1. The molecule has 88 valence electrons. The summed E-state index contributed by atoms with van der Waals surface area (Å²) in [5.41, 5.74) is 0.321. The molecule has 0 saturated heterocycles. The van der Waals surface area contributed by atoms with E-state index in [9.17, 15) is 17.8 Å². The molecule has 0 aromatic carbocycles. The van der Waals surface area contributed by atoms with E-state index in [4.69, 9.17) is 4.74 Å². The van der Waals surface area contributed by atoms with Crippen LogP contribution >= 0.6 is 11.8 Å². The topological polar surface area (TPSA) is 83.5 Å². The Morgan fingerprint density at radius 1 is 1.44 bits per heavy atom. The molecule has 0 saturated carbocycles. The van der Waals surface area contributed by atoms with E-state index in [1.54, 1.807) is 6.92 Å². The molecule has 0 amide bonds. The second-order valence-corrected chi connectivity index (χ2v) is 5.54. The second-order valence-electron chi connectivity index (χ2n) is 2.79. The first-order valence-corrected chi connectivity index (χ1v) is 6.90. The van der Waals surface area contributed by atoms with E-state index < -0.39 is 21.8 Å². The molecule has 0 N–H and O–H groups in total. The third-order valence-electron chi connectivity index (χ3n) is 1.29. The molecule has 0 aromatic rings. The van der Waals surface area contributed by atoms with Gasteiger partial charge in [0.05, 0.1) is 10.1 Å². The Morgan fingerprint density at radius 3 is 2.44 bits per heavy atom. The number of hydrogen-bond acceptors (Lipinski definition) is 6. The fraction of sp³-hybridized carbons (Fsp3) is 0.625. The van der Waals surface area contributed by atoms with Crippen molar-refractivity contribution in [3.8, 4) is 0 Å². The molecule has 0 unspecified atom stereocenters. The fourth-order valence-electron chi connectivity index (χ4n) is 0.580. The van der Waals surface area contributed by atoms with E-state index >= 15 is 0 Å². The van der Waals surface area contributed by atoms with Crippen molar-refractivity contribution >= 4 is 27.8 Å². The maximum Gasteiger partial charge on any atom is 1.00 e. The second kappa shape index (κ2) is 10.1. The molecule has 0 radical (unpaired) electrons. The van der Waals surface area contributed by atoms with Gasteiger partial charge < -0.3 is 9.29 Å². The molecule has 0 aliphatic carbocycles. The predicted octanol–water partition coefficient (Wildman–Crippen LogP) is -2.61. The molecule has 0 bridgehead atoms. The van der Waals surface area contributed by atoms with Crippen molar-refractivity contribution in [1.82, 2.24) is 0 Å². The van der Waals surface area contributed by atoms with Gasteiger partial charge in [-0.25, -0.2) is 13.2 Å². The van der Waals surface area contributed by atoms with Crippen LogP contribution in [0, 0.1) is 0 Å². The summed E-state index contributed by atoms with van der Waals surface area (Å²) in [6.45, 7) is 5.13. The number of thioether (sulfide) groups is 1. The third kappa shape index (κ3) is 13.2. The van der Waals surface area contributed by atoms with Gasteiger partial charge in [0.2, 0.25) is 0 Å². The van der Waals surface area contributed by atoms with Crippen molar-refractivity contribution in [2.24, 2.45) is 0 Å². The van der Waals surface area contributed by atoms with Crippen LogP contribution in [0.3, 0.4) is 0 Å². The number of rotatable bonds is 7. The van der Waals surface area contributed by atoms with Gasteiger partial charge in [-0.15, -0.1) is 0 Å². The molecular weight excluding hydrogens is 279 g/mol. The molecule has 0 heterocycles. The minimum Gasteiger partial charge on any atom is -0.748 e. The van der Waals surface area contributed by atoms with Crippen LogP contribution in [0.2, 0.25) is 0 Å². The molecule has 16 heavy (non-hydrogen) atoms. The van der Waals surface area contributed by atoms with Crippen molar-refractivity contribution in [3.05, 3.63) is 12.2 Å². The minimum atomic E-state index is -4.13. The first-order valence-electron chi connectivity index (χ1n) is 4.17. The van der Waals surface area contributed by atoms with Crippen molar-refractivity contribution in [3.63, 3.8) is 0 Å². The van der Waals surface area contributed by atoms with E-state index in [1.165, 1.54) is 11.8 Å². The van der Waals surface area contributed by atoms with Crippen molar-refractivity contribution in [2.75, 3.05) is 23.9 Å². The monoisotopic (exact) mass is 292 g/mol. The molecule has 0 rings (SSSR count). The van der Waals surface area contributed by atoms with E-state index in [0.29, 0.717) is 11.3 Å². The Kier molecular flexibility index (Phi) is 12.2. The van der Waals surface area contributed by atoms with E-state index in [0.717, 1.165) is 0 Å². The van der Waals surface area contributed by atoms with Gasteiger partial charge in [0.1, 0.15) is 6.61 Å². The van der Waals surface area contributed by atoms with Gasteiger partial charge in [0, 0.05) is 22.8 Å². The SMILES string of the molecule is C=C(C)C(=O)OCCSCCS(=O)(=O)[O-].[K+]. The first-order chi connectivity index (χ1) is 6.83. The van der Waals surface area contributed by atoms with Crippen LogP contribution in [0.5, 0.6) is 0 Å².